The van der Waals surface area contributed by atoms with E-state index in [0.29, 0.717) is 12.5 Å². The van der Waals surface area contributed by atoms with Crippen LogP contribution in [0.25, 0.3) is 0 Å². The van der Waals surface area contributed by atoms with Gasteiger partial charge >= 0.3 is 5.97 Å². The lowest BCUT2D eigenvalue weighted by Crippen LogP contribution is -2.45. The Morgan fingerprint density at radius 3 is 2.76 bits per heavy atom. The summed E-state index contributed by atoms with van der Waals surface area (Å²) in [4.78, 5) is 12.0. The van der Waals surface area contributed by atoms with Crippen molar-refractivity contribution in [2.24, 2.45) is 17.1 Å². The molecule has 0 saturated carbocycles. The van der Waals surface area contributed by atoms with Gasteiger partial charge in [0.25, 0.3) is 0 Å². The highest BCUT2D eigenvalue weighted by atomic mass is 16.5. The van der Waals surface area contributed by atoms with Gasteiger partial charge in [0.05, 0.1) is 6.61 Å². The number of hydrogen-bond donors (Lipinski definition) is 1. The van der Waals surface area contributed by atoms with E-state index in [1.165, 1.54) is 0 Å². The van der Waals surface area contributed by atoms with Crippen LogP contribution in [0.15, 0.2) is 23.8 Å². The van der Waals surface area contributed by atoms with Gasteiger partial charge in [-0.1, -0.05) is 37.6 Å². The molecule has 17 heavy (non-hydrogen) atoms. The summed E-state index contributed by atoms with van der Waals surface area (Å²) in [5, 5.41) is 0. The van der Waals surface area contributed by atoms with E-state index in [9.17, 15) is 4.79 Å². The Labute approximate surface area is 104 Å². The summed E-state index contributed by atoms with van der Waals surface area (Å²) in [6.45, 7) is 8.48. The van der Waals surface area contributed by atoms with Crippen LogP contribution in [-0.2, 0) is 9.53 Å². The molecule has 3 heteroatoms. The number of rotatable bonds is 4. The number of esters is 1. The average Bonchev–Trinajstić information content (AvgIpc) is 2.23. The Hall–Kier alpha value is -1.09. The van der Waals surface area contributed by atoms with Crippen molar-refractivity contribution in [1.82, 2.24) is 0 Å². The quantitative estimate of drug-likeness (QED) is 0.764. The molecule has 96 valence electrons. The fourth-order valence-electron chi connectivity index (χ4n) is 1.67. The van der Waals surface area contributed by atoms with Crippen molar-refractivity contribution in [2.45, 2.75) is 40.2 Å². The van der Waals surface area contributed by atoms with Crippen molar-refractivity contribution < 1.29 is 9.53 Å². The van der Waals surface area contributed by atoms with Crippen molar-refractivity contribution in [1.29, 1.82) is 0 Å². The fourth-order valence-corrected chi connectivity index (χ4v) is 1.67. The fraction of sp³-hybridized carbons (Fsp3) is 0.643. The van der Waals surface area contributed by atoms with Gasteiger partial charge < -0.3 is 10.5 Å². The van der Waals surface area contributed by atoms with Crippen molar-refractivity contribution in [3.63, 3.8) is 0 Å². The Kier molecular flexibility index (Phi) is 4.52. The van der Waals surface area contributed by atoms with Gasteiger partial charge in [-0.3, -0.25) is 4.79 Å². The van der Waals surface area contributed by atoms with Gasteiger partial charge in [-0.25, -0.2) is 0 Å². The molecule has 0 saturated heterocycles. The second-order valence-electron chi connectivity index (χ2n) is 5.37. The summed E-state index contributed by atoms with van der Waals surface area (Å²) in [5.41, 5.74) is 6.37. The van der Waals surface area contributed by atoms with Crippen LogP contribution in [0.2, 0.25) is 0 Å². The summed E-state index contributed by atoms with van der Waals surface area (Å²) >= 11 is 0. The Bertz CT molecular complexity index is 344. The van der Waals surface area contributed by atoms with E-state index < -0.39 is 5.41 Å². The second-order valence-corrected chi connectivity index (χ2v) is 5.37. The van der Waals surface area contributed by atoms with Gasteiger partial charge in [-0.15, -0.1) is 0 Å². The molecule has 0 fully saturated rings. The second kappa shape index (κ2) is 5.50. The van der Waals surface area contributed by atoms with Crippen LogP contribution >= 0.6 is 0 Å². The summed E-state index contributed by atoms with van der Waals surface area (Å²) in [7, 11) is 0. The normalized spacial score (nSPS) is 28.1. The lowest BCUT2D eigenvalue weighted by atomic mass is 9.78. The van der Waals surface area contributed by atoms with Crippen molar-refractivity contribution >= 4 is 5.97 Å². The number of nitrogens with two attached hydrogens (primary N) is 1. The first-order valence-electron chi connectivity index (χ1n) is 6.16. The number of carbonyl (C=O) groups is 1. The highest BCUT2D eigenvalue weighted by Gasteiger charge is 2.39. The van der Waals surface area contributed by atoms with Gasteiger partial charge in [0.1, 0.15) is 5.41 Å². The predicted molar refractivity (Wildman–Crippen MR) is 69.4 cm³/mol. The highest BCUT2D eigenvalue weighted by molar-refractivity contribution is 5.80. The van der Waals surface area contributed by atoms with Crippen molar-refractivity contribution in [3.8, 4) is 0 Å². The van der Waals surface area contributed by atoms with E-state index in [0.717, 1.165) is 12.0 Å². The summed E-state index contributed by atoms with van der Waals surface area (Å²) in [6.07, 6.45) is 6.57. The number of carbonyl (C=O) groups excluding carboxylic acids is 1. The molecule has 1 rings (SSSR count). The summed E-state index contributed by atoms with van der Waals surface area (Å²) in [5.74, 6) is 0.305. The average molecular weight is 237 g/mol. The minimum absolute atomic E-state index is 0.231. The molecule has 3 nitrogen and oxygen atoms in total. The highest BCUT2D eigenvalue weighted by Crippen LogP contribution is 2.30. The molecule has 1 aliphatic rings. The van der Waals surface area contributed by atoms with Crippen molar-refractivity contribution in [2.75, 3.05) is 6.61 Å². The third-order valence-corrected chi connectivity index (χ3v) is 3.20. The Morgan fingerprint density at radius 2 is 2.24 bits per heavy atom. The zero-order valence-electron chi connectivity index (χ0n) is 11.2. The van der Waals surface area contributed by atoms with E-state index in [1.54, 1.807) is 0 Å². The van der Waals surface area contributed by atoms with Crippen LogP contribution in [0, 0.1) is 11.3 Å². The van der Waals surface area contributed by atoms with Crippen LogP contribution in [0.4, 0.5) is 0 Å². The monoisotopic (exact) mass is 237 g/mol. The van der Waals surface area contributed by atoms with Crippen molar-refractivity contribution in [3.05, 3.63) is 23.8 Å². The van der Waals surface area contributed by atoms with E-state index in [1.807, 2.05) is 32.1 Å². The number of allylic oxidation sites excluding steroid dienone is 2. The Balaban J connectivity index is 2.59. The molecule has 2 unspecified atom stereocenters. The largest absolute Gasteiger partial charge is 0.465 e. The van der Waals surface area contributed by atoms with E-state index in [-0.39, 0.29) is 12.0 Å². The van der Waals surface area contributed by atoms with E-state index >= 15 is 0 Å². The first-order chi connectivity index (χ1) is 7.86. The SMILES string of the molecule is CC1=CC(N)C(C)(C(=O)OCCC(C)C)C=C1. The molecule has 0 bridgehead atoms. The number of hydrogen-bond acceptors (Lipinski definition) is 3. The molecule has 0 heterocycles. The third kappa shape index (κ3) is 3.43. The van der Waals surface area contributed by atoms with Gasteiger partial charge in [0.15, 0.2) is 0 Å². The minimum Gasteiger partial charge on any atom is -0.465 e. The first kappa shape index (κ1) is 14.0. The summed E-state index contributed by atoms with van der Waals surface area (Å²) in [6, 6.07) is -0.306. The summed E-state index contributed by atoms with van der Waals surface area (Å²) < 4.78 is 5.30. The zero-order chi connectivity index (χ0) is 13.1. The molecule has 0 spiro atoms. The lowest BCUT2D eigenvalue weighted by molar-refractivity contribution is -0.152. The van der Waals surface area contributed by atoms with E-state index in [2.05, 4.69) is 13.8 Å². The van der Waals surface area contributed by atoms with Gasteiger partial charge in [-0.05, 0) is 26.2 Å². The topological polar surface area (TPSA) is 52.3 Å². The van der Waals surface area contributed by atoms with Gasteiger partial charge in [-0.2, -0.15) is 0 Å². The Morgan fingerprint density at radius 1 is 1.59 bits per heavy atom. The standard InChI is InChI=1S/C14H23NO2/c1-10(2)6-8-17-13(16)14(4)7-5-11(3)9-12(14)15/h5,7,9-10,12H,6,8,15H2,1-4H3. The van der Waals surface area contributed by atoms with Crippen LogP contribution < -0.4 is 5.73 Å². The third-order valence-electron chi connectivity index (χ3n) is 3.20. The molecule has 0 aromatic carbocycles. The van der Waals surface area contributed by atoms with Gasteiger partial charge in [0, 0.05) is 6.04 Å². The number of ether oxygens (including phenoxy) is 1. The molecule has 2 N–H and O–H groups in total. The smallest absolute Gasteiger partial charge is 0.317 e. The predicted octanol–water partition coefficient (Wildman–Crippen LogP) is 2.43. The molecule has 0 amide bonds. The molecule has 2 atom stereocenters. The lowest BCUT2D eigenvalue weighted by Gasteiger charge is -2.31. The first-order valence-corrected chi connectivity index (χ1v) is 6.16. The maximum atomic E-state index is 12.0. The van der Waals surface area contributed by atoms with Crippen LogP contribution in [0.1, 0.15) is 34.1 Å². The molecule has 0 aromatic heterocycles. The minimum atomic E-state index is -0.726. The van der Waals surface area contributed by atoms with Crippen LogP contribution in [0.3, 0.4) is 0 Å². The molecule has 1 aliphatic carbocycles. The van der Waals surface area contributed by atoms with E-state index in [4.69, 9.17) is 10.5 Å². The van der Waals surface area contributed by atoms with Crippen LogP contribution in [0.5, 0.6) is 0 Å². The zero-order valence-corrected chi connectivity index (χ0v) is 11.2. The molecule has 0 radical (unpaired) electrons. The molecular weight excluding hydrogens is 214 g/mol. The van der Waals surface area contributed by atoms with Crippen LogP contribution in [-0.4, -0.2) is 18.6 Å². The molecular formula is C14H23NO2. The maximum Gasteiger partial charge on any atom is 0.317 e. The van der Waals surface area contributed by atoms with Gasteiger partial charge in [0.2, 0.25) is 0 Å². The maximum absolute atomic E-state index is 12.0. The molecule has 0 aliphatic heterocycles. The molecule has 0 aromatic rings.